The van der Waals surface area contributed by atoms with Gasteiger partial charge >= 0.3 is 6.18 Å². The number of rotatable bonds is 4. The summed E-state index contributed by atoms with van der Waals surface area (Å²) < 4.78 is 38.1. The summed E-state index contributed by atoms with van der Waals surface area (Å²) in [4.78, 5) is -0.0231. The Morgan fingerprint density at radius 2 is 1.95 bits per heavy atom. The summed E-state index contributed by atoms with van der Waals surface area (Å²) in [5, 5.41) is 3.18. The molecule has 0 aliphatic heterocycles. The fourth-order valence-corrected chi connectivity index (χ4v) is 2.72. The minimum Gasteiger partial charge on any atom is -0.389 e. The van der Waals surface area contributed by atoms with Crippen LogP contribution in [0.4, 0.5) is 18.9 Å². The predicted octanol–water partition coefficient (Wildman–Crippen LogP) is 3.94. The first-order valence-electron chi connectivity index (χ1n) is 6.63. The van der Waals surface area contributed by atoms with E-state index >= 15 is 0 Å². The molecule has 1 aliphatic carbocycles. The van der Waals surface area contributed by atoms with Gasteiger partial charge in [0.05, 0.1) is 5.56 Å². The highest BCUT2D eigenvalue weighted by Crippen LogP contribution is 2.32. The third-order valence-electron chi connectivity index (χ3n) is 3.67. The van der Waals surface area contributed by atoms with Gasteiger partial charge in [-0.2, -0.15) is 13.2 Å². The third-order valence-corrected chi connectivity index (χ3v) is 3.89. The molecule has 0 amide bonds. The summed E-state index contributed by atoms with van der Waals surface area (Å²) >= 11 is 4.85. The van der Waals surface area contributed by atoms with Crippen molar-refractivity contribution in [3.05, 3.63) is 29.3 Å². The first-order chi connectivity index (χ1) is 9.38. The van der Waals surface area contributed by atoms with Crippen molar-refractivity contribution >= 4 is 22.9 Å². The third kappa shape index (κ3) is 3.62. The topological polar surface area (TPSA) is 38.0 Å². The van der Waals surface area contributed by atoms with Gasteiger partial charge in [0.25, 0.3) is 0 Å². The maximum Gasteiger partial charge on any atom is 0.416 e. The van der Waals surface area contributed by atoms with Crippen LogP contribution in [0.25, 0.3) is 0 Å². The van der Waals surface area contributed by atoms with E-state index in [1.54, 1.807) is 0 Å². The van der Waals surface area contributed by atoms with Crippen LogP contribution in [0.15, 0.2) is 18.2 Å². The van der Waals surface area contributed by atoms with E-state index in [9.17, 15) is 13.2 Å². The van der Waals surface area contributed by atoms with Gasteiger partial charge in [-0.05, 0) is 37.0 Å². The molecule has 3 N–H and O–H groups in total. The molecule has 2 nitrogen and oxygen atoms in total. The molecule has 0 spiro atoms. The summed E-state index contributed by atoms with van der Waals surface area (Å²) in [5.41, 5.74) is 5.64. The predicted molar refractivity (Wildman–Crippen MR) is 77.8 cm³/mol. The maximum atomic E-state index is 12.7. The molecule has 0 unspecified atom stereocenters. The number of nitrogens with two attached hydrogens (primary N) is 1. The first-order valence-corrected chi connectivity index (χ1v) is 7.03. The fraction of sp³-hybridized carbons (Fsp3) is 0.500. The number of nitrogens with one attached hydrogen (secondary N) is 1. The molecule has 1 aromatic rings. The zero-order valence-electron chi connectivity index (χ0n) is 11.0. The molecular weight excluding hydrogens is 285 g/mol. The minimum absolute atomic E-state index is 0.0231. The molecular formula is C14H17F3N2S. The number of anilines is 1. The lowest BCUT2D eigenvalue weighted by Gasteiger charge is -2.16. The van der Waals surface area contributed by atoms with Crippen LogP contribution in [0.1, 0.15) is 36.8 Å². The van der Waals surface area contributed by atoms with Gasteiger partial charge in [-0.15, -0.1) is 0 Å². The van der Waals surface area contributed by atoms with Crippen LogP contribution in [0, 0.1) is 5.92 Å². The Morgan fingerprint density at radius 3 is 2.50 bits per heavy atom. The SMILES string of the molecule is NC(=S)c1cc(C(F)(F)F)ccc1NCC1CCCC1. The average Bonchev–Trinajstić information content (AvgIpc) is 2.88. The minimum atomic E-state index is -4.39. The Balaban J connectivity index is 2.17. The monoisotopic (exact) mass is 302 g/mol. The van der Waals surface area contributed by atoms with E-state index in [4.69, 9.17) is 18.0 Å². The Hall–Kier alpha value is -1.30. The zero-order valence-corrected chi connectivity index (χ0v) is 11.8. The number of benzene rings is 1. The second kappa shape index (κ2) is 5.99. The van der Waals surface area contributed by atoms with Gasteiger partial charge in [0, 0.05) is 17.8 Å². The molecule has 2 rings (SSSR count). The molecule has 0 radical (unpaired) electrons. The maximum absolute atomic E-state index is 12.7. The first kappa shape index (κ1) is 15.1. The van der Waals surface area contributed by atoms with Gasteiger partial charge in [-0.25, -0.2) is 0 Å². The van der Waals surface area contributed by atoms with Crippen LogP contribution in [-0.2, 0) is 6.18 Å². The van der Waals surface area contributed by atoms with Crippen LogP contribution < -0.4 is 11.1 Å². The Labute approximate surface area is 121 Å². The molecule has 1 saturated carbocycles. The summed E-state index contributed by atoms with van der Waals surface area (Å²) in [6.07, 6.45) is 0.388. The lowest BCUT2D eigenvalue weighted by Crippen LogP contribution is -2.18. The molecule has 1 aliphatic rings. The van der Waals surface area contributed by atoms with E-state index in [1.807, 2.05) is 0 Å². The summed E-state index contributed by atoms with van der Waals surface area (Å²) in [6, 6.07) is 3.48. The molecule has 20 heavy (non-hydrogen) atoms. The van der Waals surface area contributed by atoms with Crippen molar-refractivity contribution < 1.29 is 13.2 Å². The van der Waals surface area contributed by atoms with Gasteiger partial charge in [-0.3, -0.25) is 0 Å². The second-order valence-electron chi connectivity index (χ2n) is 5.15. The molecule has 110 valence electrons. The van der Waals surface area contributed by atoms with Crippen LogP contribution in [0.2, 0.25) is 0 Å². The second-order valence-corrected chi connectivity index (χ2v) is 5.59. The van der Waals surface area contributed by atoms with Gasteiger partial charge < -0.3 is 11.1 Å². The van der Waals surface area contributed by atoms with Crippen LogP contribution in [0.3, 0.4) is 0 Å². The van der Waals surface area contributed by atoms with E-state index in [1.165, 1.54) is 18.9 Å². The van der Waals surface area contributed by atoms with E-state index in [0.717, 1.165) is 31.5 Å². The van der Waals surface area contributed by atoms with Crippen molar-refractivity contribution in [3.8, 4) is 0 Å². The molecule has 0 heterocycles. The number of thiocarbonyl (C=S) groups is 1. The molecule has 1 aromatic carbocycles. The van der Waals surface area contributed by atoms with Gasteiger partial charge in [0.1, 0.15) is 4.99 Å². The van der Waals surface area contributed by atoms with Crippen molar-refractivity contribution in [3.63, 3.8) is 0 Å². The molecule has 1 fully saturated rings. The molecule has 0 atom stereocenters. The Bertz CT molecular complexity index is 494. The summed E-state index contributed by atoms with van der Waals surface area (Å²) in [6.45, 7) is 0.751. The number of alkyl halides is 3. The zero-order chi connectivity index (χ0) is 14.8. The number of hydrogen-bond donors (Lipinski definition) is 2. The van der Waals surface area contributed by atoms with Crippen molar-refractivity contribution in [1.29, 1.82) is 0 Å². The normalized spacial score (nSPS) is 16.4. The fourth-order valence-electron chi connectivity index (χ4n) is 2.55. The van der Waals surface area contributed by atoms with Crippen molar-refractivity contribution in [2.24, 2.45) is 11.7 Å². The summed E-state index contributed by atoms with van der Waals surface area (Å²) in [7, 11) is 0. The molecule has 6 heteroatoms. The highest BCUT2D eigenvalue weighted by atomic mass is 32.1. The van der Waals surface area contributed by atoms with Crippen molar-refractivity contribution in [2.75, 3.05) is 11.9 Å². The van der Waals surface area contributed by atoms with Crippen molar-refractivity contribution in [2.45, 2.75) is 31.9 Å². The average molecular weight is 302 g/mol. The van der Waals surface area contributed by atoms with E-state index in [0.29, 0.717) is 11.6 Å². The molecule has 0 saturated heterocycles. The molecule has 0 bridgehead atoms. The van der Waals surface area contributed by atoms with Crippen LogP contribution in [0.5, 0.6) is 0 Å². The highest BCUT2D eigenvalue weighted by molar-refractivity contribution is 7.80. The summed E-state index contributed by atoms with van der Waals surface area (Å²) in [5.74, 6) is 0.580. The van der Waals surface area contributed by atoms with Crippen molar-refractivity contribution in [1.82, 2.24) is 0 Å². The standard InChI is InChI=1S/C14H17F3N2S/c15-14(16,17)10-5-6-12(11(7-10)13(18)20)19-8-9-3-1-2-4-9/h5-7,9,19H,1-4,8H2,(H2,18,20). The van der Waals surface area contributed by atoms with E-state index < -0.39 is 11.7 Å². The van der Waals surface area contributed by atoms with Gasteiger partial charge in [0.15, 0.2) is 0 Å². The highest BCUT2D eigenvalue weighted by Gasteiger charge is 2.31. The Kier molecular flexibility index (Phi) is 4.52. The van der Waals surface area contributed by atoms with E-state index in [-0.39, 0.29) is 10.6 Å². The van der Waals surface area contributed by atoms with Gasteiger partial charge in [-0.1, -0.05) is 25.1 Å². The largest absolute Gasteiger partial charge is 0.416 e. The Morgan fingerprint density at radius 1 is 1.30 bits per heavy atom. The molecule has 0 aromatic heterocycles. The number of halogens is 3. The van der Waals surface area contributed by atoms with Crippen LogP contribution in [-0.4, -0.2) is 11.5 Å². The van der Waals surface area contributed by atoms with Gasteiger partial charge in [0.2, 0.25) is 0 Å². The van der Waals surface area contributed by atoms with Crippen LogP contribution >= 0.6 is 12.2 Å². The lowest BCUT2D eigenvalue weighted by atomic mass is 10.1. The lowest BCUT2D eigenvalue weighted by molar-refractivity contribution is -0.137. The smallest absolute Gasteiger partial charge is 0.389 e. The van der Waals surface area contributed by atoms with E-state index in [2.05, 4.69) is 5.32 Å². The number of hydrogen-bond acceptors (Lipinski definition) is 2. The quantitative estimate of drug-likeness (QED) is 0.827.